The Hall–Kier alpha value is -2.21. The van der Waals surface area contributed by atoms with Crippen LogP contribution in [-0.2, 0) is 4.79 Å². The molecule has 0 radical (unpaired) electrons. The molecule has 20 heavy (non-hydrogen) atoms. The minimum atomic E-state index is 0.0701. The Kier molecular flexibility index (Phi) is 3.47. The van der Waals surface area contributed by atoms with Gasteiger partial charge < -0.3 is 4.57 Å². The fraction of sp³-hybridized carbons (Fsp3) is 0.214. The van der Waals surface area contributed by atoms with Gasteiger partial charge in [0.25, 0.3) is 0 Å². The topological polar surface area (TPSA) is 50.5 Å². The van der Waals surface area contributed by atoms with Crippen molar-refractivity contribution in [2.45, 2.75) is 12.8 Å². The third-order valence-corrected chi connectivity index (χ3v) is 3.97. The molecule has 102 valence electrons. The lowest BCUT2D eigenvalue weighted by Crippen LogP contribution is -2.27. The van der Waals surface area contributed by atoms with Crippen molar-refractivity contribution in [2.75, 3.05) is 7.05 Å². The van der Waals surface area contributed by atoms with Gasteiger partial charge in [-0.3, -0.25) is 4.79 Å². The number of hydrogen-bond acceptors (Lipinski definition) is 4. The van der Waals surface area contributed by atoms with E-state index in [1.807, 2.05) is 22.9 Å². The van der Waals surface area contributed by atoms with Gasteiger partial charge in [0.2, 0.25) is 5.91 Å². The van der Waals surface area contributed by atoms with E-state index in [2.05, 4.69) is 21.5 Å². The van der Waals surface area contributed by atoms with Crippen molar-refractivity contribution in [3.05, 3.63) is 41.1 Å². The minimum absolute atomic E-state index is 0.0701. The summed E-state index contributed by atoms with van der Waals surface area (Å²) < 4.78 is 1.97. The number of amides is 1. The molecule has 0 bridgehead atoms. The number of allylic oxidation sites excluding steroid dienone is 1. The number of rotatable bonds is 3. The van der Waals surface area contributed by atoms with Crippen LogP contribution < -0.4 is 0 Å². The lowest BCUT2D eigenvalue weighted by molar-refractivity contribution is -0.130. The Labute approximate surface area is 120 Å². The van der Waals surface area contributed by atoms with Gasteiger partial charge in [-0.2, -0.15) is 5.10 Å². The average Bonchev–Trinajstić information content (AvgIpc) is 3.09. The molecule has 5 nitrogen and oxygen atoms in total. The molecule has 3 heterocycles. The highest BCUT2D eigenvalue weighted by molar-refractivity contribution is 7.11. The number of carbonyl (C=O) groups is 1. The molecule has 0 fully saturated rings. The van der Waals surface area contributed by atoms with Gasteiger partial charge in [0, 0.05) is 42.5 Å². The average molecular weight is 286 g/mol. The number of carbonyl (C=O) groups excluding carboxylic acids is 1. The van der Waals surface area contributed by atoms with Gasteiger partial charge in [-0.1, -0.05) is 0 Å². The van der Waals surface area contributed by atoms with Gasteiger partial charge in [-0.25, -0.2) is 9.99 Å². The van der Waals surface area contributed by atoms with E-state index in [1.54, 1.807) is 30.9 Å². The molecule has 0 N–H and O–H groups in total. The number of nitrogens with zero attached hydrogens (tertiary/aromatic N) is 4. The highest BCUT2D eigenvalue weighted by Crippen LogP contribution is 2.20. The fourth-order valence-electron chi connectivity index (χ4n) is 1.97. The zero-order valence-electron chi connectivity index (χ0n) is 11.1. The van der Waals surface area contributed by atoms with Crippen LogP contribution in [0.15, 0.2) is 41.3 Å². The van der Waals surface area contributed by atoms with Crippen molar-refractivity contribution >= 4 is 29.0 Å². The minimum Gasteiger partial charge on any atom is -0.305 e. The quantitative estimate of drug-likeness (QED) is 0.870. The molecule has 1 aliphatic heterocycles. The van der Waals surface area contributed by atoms with Gasteiger partial charge in [0.15, 0.2) is 0 Å². The van der Waals surface area contributed by atoms with Crippen molar-refractivity contribution < 1.29 is 4.79 Å². The molecule has 0 unspecified atom stereocenters. The van der Waals surface area contributed by atoms with Crippen LogP contribution in [0.4, 0.5) is 0 Å². The van der Waals surface area contributed by atoms with Crippen LogP contribution in [0.1, 0.15) is 17.7 Å². The Morgan fingerprint density at radius 3 is 3.00 bits per heavy atom. The fourth-order valence-corrected chi connectivity index (χ4v) is 2.75. The van der Waals surface area contributed by atoms with Crippen molar-refractivity contribution in [3.8, 4) is 5.69 Å². The summed E-state index contributed by atoms with van der Waals surface area (Å²) in [5, 5.41) is 7.73. The number of imidazole rings is 1. The highest BCUT2D eigenvalue weighted by Gasteiger charge is 2.14. The van der Waals surface area contributed by atoms with Crippen LogP contribution in [0.5, 0.6) is 0 Å². The third kappa shape index (κ3) is 2.70. The SMILES string of the molecule is CN1N=C(C=Cc2cc(-n3ccnc3)cs2)CCC1=O. The molecular formula is C14H14N4OS. The van der Waals surface area contributed by atoms with Gasteiger partial charge >= 0.3 is 0 Å². The summed E-state index contributed by atoms with van der Waals surface area (Å²) in [6.07, 6.45) is 10.7. The van der Waals surface area contributed by atoms with E-state index in [-0.39, 0.29) is 5.91 Å². The molecule has 0 spiro atoms. The number of aromatic nitrogens is 2. The second-order valence-electron chi connectivity index (χ2n) is 4.52. The zero-order valence-corrected chi connectivity index (χ0v) is 11.9. The first-order chi connectivity index (χ1) is 9.72. The largest absolute Gasteiger partial charge is 0.305 e. The first kappa shape index (κ1) is 12.8. The molecule has 0 atom stereocenters. The van der Waals surface area contributed by atoms with E-state index in [0.29, 0.717) is 12.8 Å². The van der Waals surface area contributed by atoms with E-state index < -0.39 is 0 Å². The second-order valence-corrected chi connectivity index (χ2v) is 5.46. The Morgan fingerprint density at radius 1 is 1.35 bits per heavy atom. The predicted octanol–water partition coefficient (Wildman–Crippen LogP) is 2.56. The summed E-state index contributed by atoms with van der Waals surface area (Å²) in [5.41, 5.74) is 2.04. The Balaban J connectivity index is 1.74. The molecular weight excluding hydrogens is 272 g/mol. The van der Waals surface area contributed by atoms with Gasteiger partial charge in [0.05, 0.1) is 17.7 Å². The van der Waals surface area contributed by atoms with Crippen molar-refractivity contribution in [1.29, 1.82) is 0 Å². The third-order valence-electron chi connectivity index (χ3n) is 3.08. The zero-order chi connectivity index (χ0) is 13.9. The molecule has 6 heteroatoms. The van der Waals surface area contributed by atoms with E-state index in [4.69, 9.17) is 0 Å². The van der Waals surface area contributed by atoms with Crippen LogP contribution in [0.2, 0.25) is 0 Å². The first-order valence-electron chi connectivity index (χ1n) is 6.31. The monoisotopic (exact) mass is 286 g/mol. The summed E-state index contributed by atoms with van der Waals surface area (Å²) in [5.74, 6) is 0.0701. The number of hydrazone groups is 1. The van der Waals surface area contributed by atoms with Crippen molar-refractivity contribution in [3.63, 3.8) is 0 Å². The molecule has 0 aliphatic carbocycles. The predicted molar refractivity (Wildman–Crippen MR) is 79.9 cm³/mol. The van der Waals surface area contributed by atoms with E-state index in [0.717, 1.165) is 16.3 Å². The normalized spacial score (nSPS) is 15.9. The van der Waals surface area contributed by atoms with E-state index in [9.17, 15) is 4.79 Å². The molecule has 3 rings (SSSR count). The van der Waals surface area contributed by atoms with Crippen LogP contribution in [0, 0.1) is 0 Å². The lowest BCUT2D eigenvalue weighted by Gasteiger charge is -2.17. The van der Waals surface area contributed by atoms with Crippen LogP contribution in [0.25, 0.3) is 11.8 Å². The second kappa shape index (κ2) is 5.42. The van der Waals surface area contributed by atoms with Gasteiger partial charge in [0.1, 0.15) is 0 Å². The smallest absolute Gasteiger partial charge is 0.242 e. The highest BCUT2D eigenvalue weighted by atomic mass is 32.1. The van der Waals surface area contributed by atoms with Gasteiger partial charge in [-0.05, 0) is 18.2 Å². The molecule has 0 aromatic carbocycles. The standard InChI is InChI=1S/C14H14N4OS/c1-17-14(19)5-3-11(16-17)2-4-13-8-12(9-20-13)18-7-6-15-10-18/h2,4,6-10H,3,5H2,1H3. The maximum Gasteiger partial charge on any atom is 0.242 e. The summed E-state index contributed by atoms with van der Waals surface area (Å²) in [6.45, 7) is 0. The van der Waals surface area contributed by atoms with Gasteiger partial charge in [-0.15, -0.1) is 11.3 Å². The van der Waals surface area contributed by atoms with E-state index in [1.165, 1.54) is 5.01 Å². The molecule has 0 saturated carbocycles. The summed E-state index contributed by atoms with van der Waals surface area (Å²) >= 11 is 1.67. The lowest BCUT2D eigenvalue weighted by atomic mass is 10.1. The molecule has 0 saturated heterocycles. The number of thiophene rings is 1. The van der Waals surface area contributed by atoms with Crippen LogP contribution in [0.3, 0.4) is 0 Å². The summed E-state index contributed by atoms with van der Waals surface area (Å²) in [6, 6.07) is 2.10. The first-order valence-corrected chi connectivity index (χ1v) is 7.19. The molecule has 1 aliphatic rings. The Morgan fingerprint density at radius 2 is 2.25 bits per heavy atom. The van der Waals surface area contributed by atoms with Crippen LogP contribution >= 0.6 is 11.3 Å². The van der Waals surface area contributed by atoms with E-state index >= 15 is 0 Å². The number of hydrogen-bond donors (Lipinski definition) is 0. The van der Waals surface area contributed by atoms with Crippen LogP contribution in [-0.4, -0.2) is 33.2 Å². The molecule has 2 aromatic heterocycles. The maximum atomic E-state index is 11.3. The molecule has 2 aromatic rings. The summed E-state index contributed by atoms with van der Waals surface area (Å²) in [4.78, 5) is 16.5. The summed E-state index contributed by atoms with van der Waals surface area (Å²) in [7, 11) is 1.69. The maximum absolute atomic E-state index is 11.3. The molecule has 1 amide bonds. The Bertz CT molecular complexity index is 669. The van der Waals surface area contributed by atoms with Crippen molar-refractivity contribution in [2.24, 2.45) is 5.10 Å². The van der Waals surface area contributed by atoms with Crippen molar-refractivity contribution in [1.82, 2.24) is 14.6 Å².